The summed E-state index contributed by atoms with van der Waals surface area (Å²) < 4.78 is 51.0. The standard InChI is InChI=1S/C9H8ClF4NO2/c10-4-1-3(9(12,13)14)6(5(15)2-16)8(17)7(4)11/h1,5,16-17H,2,15H2/t5-/m0/s1. The number of rotatable bonds is 2. The van der Waals surface area contributed by atoms with Crippen LogP contribution >= 0.6 is 11.6 Å². The first kappa shape index (κ1) is 14.0. The van der Waals surface area contributed by atoms with E-state index >= 15 is 0 Å². The fraction of sp³-hybridized carbons (Fsp3) is 0.333. The van der Waals surface area contributed by atoms with Crippen LogP contribution in [-0.2, 0) is 6.18 Å². The van der Waals surface area contributed by atoms with Crippen molar-refractivity contribution in [3.8, 4) is 5.75 Å². The summed E-state index contributed by atoms with van der Waals surface area (Å²) in [4.78, 5) is 0. The third kappa shape index (κ3) is 2.62. The number of aliphatic hydroxyl groups excluding tert-OH is 1. The topological polar surface area (TPSA) is 66.5 Å². The Kier molecular flexibility index (Phi) is 3.85. The molecule has 17 heavy (non-hydrogen) atoms. The highest BCUT2D eigenvalue weighted by molar-refractivity contribution is 6.31. The van der Waals surface area contributed by atoms with Gasteiger partial charge in [-0.3, -0.25) is 0 Å². The number of phenolic OH excluding ortho intramolecular Hbond substituents is 1. The van der Waals surface area contributed by atoms with Crippen LogP contribution in [0.15, 0.2) is 6.07 Å². The maximum absolute atomic E-state index is 13.2. The maximum Gasteiger partial charge on any atom is 0.416 e. The Bertz CT molecular complexity index is 436. The molecule has 8 heteroatoms. The van der Waals surface area contributed by atoms with Crippen LogP contribution in [0, 0.1) is 5.82 Å². The maximum atomic E-state index is 13.2. The van der Waals surface area contributed by atoms with E-state index in [4.69, 9.17) is 22.4 Å². The van der Waals surface area contributed by atoms with Gasteiger partial charge in [0.2, 0.25) is 0 Å². The van der Waals surface area contributed by atoms with Crippen LogP contribution < -0.4 is 5.73 Å². The molecule has 0 aromatic heterocycles. The summed E-state index contributed by atoms with van der Waals surface area (Å²) >= 11 is 5.21. The third-order valence-corrected chi connectivity index (χ3v) is 2.38. The van der Waals surface area contributed by atoms with Gasteiger partial charge in [0.15, 0.2) is 11.6 Å². The van der Waals surface area contributed by atoms with Crippen LogP contribution in [0.1, 0.15) is 17.2 Å². The second kappa shape index (κ2) is 4.67. The van der Waals surface area contributed by atoms with Crippen LogP contribution in [0.3, 0.4) is 0 Å². The van der Waals surface area contributed by atoms with Gasteiger partial charge in [0, 0.05) is 5.56 Å². The quantitative estimate of drug-likeness (QED) is 0.724. The van der Waals surface area contributed by atoms with E-state index in [1.165, 1.54) is 0 Å². The van der Waals surface area contributed by atoms with Gasteiger partial charge in [-0.25, -0.2) is 4.39 Å². The lowest BCUT2D eigenvalue weighted by Gasteiger charge is -2.19. The molecule has 1 aromatic carbocycles. The van der Waals surface area contributed by atoms with Crippen molar-refractivity contribution in [2.45, 2.75) is 12.2 Å². The zero-order valence-electron chi connectivity index (χ0n) is 8.22. The lowest BCUT2D eigenvalue weighted by molar-refractivity contribution is -0.138. The van der Waals surface area contributed by atoms with Gasteiger partial charge >= 0.3 is 6.18 Å². The SMILES string of the molecule is N[C@@H](CO)c1c(C(F)(F)F)cc(Cl)c(F)c1O. The molecule has 0 aliphatic carbocycles. The molecular formula is C9H8ClF4NO2. The van der Waals surface area contributed by atoms with E-state index in [0.29, 0.717) is 6.07 Å². The van der Waals surface area contributed by atoms with E-state index in [1.807, 2.05) is 0 Å². The number of nitrogens with two attached hydrogens (primary N) is 1. The van der Waals surface area contributed by atoms with Gasteiger partial charge < -0.3 is 15.9 Å². The summed E-state index contributed by atoms with van der Waals surface area (Å²) in [5, 5.41) is 17.1. The predicted octanol–water partition coefficient (Wildman–Crippen LogP) is 2.20. The van der Waals surface area contributed by atoms with Crippen LogP contribution in [0.25, 0.3) is 0 Å². The number of halogens is 5. The highest BCUT2D eigenvalue weighted by Crippen LogP contribution is 2.42. The van der Waals surface area contributed by atoms with Crippen molar-refractivity contribution in [3.63, 3.8) is 0 Å². The molecule has 4 N–H and O–H groups in total. The van der Waals surface area contributed by atoms with Gasteiger partial charge in [-0.2, -0.15) is 13.2 Å². The fourth-order valence-electron chi connectivity index (χ4n) is 1.33. The van der Waals surface area contributed by atoms with Crippen LogP contribution in [-0.4, -0.2) is 16.8 Å². The molecule has 0 heterocycles. The number of phenols is 1. The molecule has 0 radical (unpaired) electrons. The van der Waals surface area contributed by atoms with Crippen LogP contribution in [0.4, 0.5) is 17.6 Å². The Labute approximate surface area is 98.4 Å². The van der Waals surface area contributed by atoms with E-state index in [2.05, 4.69) is 0 Å². The summed E-state index contributed by atoms with van der Waals surface area (Å²) in [6.45, 7) is -0.877. The zero-order chi connectivity index (χ0) is 13.4. The first-order valence-electron chi connectivity index (χ1n) is 4.34. The average Bonchev–Trinajstić information content (AvgIpc) is 2.23. The van der Waals surface area contributed by atoms with Crippen molar-refractivity contribution < 1.29 is 27.8 Å². The summed E-state index contributed by atoms with van der Waals surface area (Å²) in [5.74, 6) is -2.70. The Morgan fingerprint density at radius 3 is 2.35 bits per heavy atom. The van der Waals surface area contributed by atoms with Gasteiger partial charge in [-0.05, 0) is 6.07 Å². The summed E-state index contributed by atoms with van der Waals surface area (Å²) in [5.41, 5.74) is 2.90. The lowest BCUT2D eigenvalue weighted by Crippen LogP contribution is -2.21. The van der Waals surface area contributed by atoms with E-state index in [0.717, 1.165) is 0 Å². The number of benzene rings is 1. The largest absolute Gasteiger partial charge is 0.505 e. The van der Waals surface area contributed by atoms with Gasteiger partial charge in [0.1, 0.15) is 0 Å². The molecule has 0 saturated carbocycles. The molecule has 0 unspecified atom stereocenters. The van der Waals surface area contributed by atoms with Gasteiger partial charge in [-0.1, -0.05) is 11.6 Å². The molecule has 0 amide bonds. The van der Waals surface area contributed by atoms with Crippen LogP contribution in [0.5, 0.6) is 5.75 Å². The van der Waals surface area contributed by atoms with Crippen molar-refractivity contribution in [2.75, 3.05) is 6.61 Å². The smallest absolute Gasteiger partial charge is 0.416 e. The lowest BCUT2D eigenvalue weighted by atomic mass is 9.99. The molecular weight excluding hydrogens is 266 g/mol. The second-order valence-corrected chi connectivity index (χ2v) is 3.68. The van der Waals surface area contributed by atoms with E-state index in [9.17, 15) is 22.7 Å². The predicted molar refractivity (Wildman–Crippen MR) is 52.1 cm³/mol. The van der Waals surface area contributed by atoms with Crippen LogP contribution in [0.2, 0.25) is 5.02 Å². The molecule has 0 saturated heterocycles. The first-order valence-corrected chi connectivity index (χ1v) is 4.72. The highest BCUT2D eigenvalue weighted by Gasteiger charge is 2.38. The Hall–Kier alpha value is -1.05. The fourth-order valence-corrected chi connectivity index (χ4v) is 1.53. The molecule has 3 nitrogen and oxygen atoms in total. The van der Waals surface area contributed by atoms with Crippen molar-refractivity contribution in [1.29, 1.82) is 0 Å². The number of hydrogen-bond donors (Lipinski definition) is 3. The summed E-state index contributed by atoms with van der Waals surface area (Å²) in [7, 11) is 0. The second-order valence-electron chi connectivity index (χ2n) is 3.27. The van der Waals surface area contributed by atoms with Gasteiger partial charge in [0.05, 0.1) is 23.2 Å². The minimum absolute atomic E-state index is 0.321. The summed E-state index contributed by atoms with van der Waals surface area (Å²) in [6, 6.07) is -1.24. The molecule has 1 rings (SSSR count). The van der Waals surface area contributed by atoms with Crippen molar-refractivity contribution in [1.82, 2.24) is 0 Å². The number of aliphatic hydroxyl groups is 1. The Morgan fingerprint density at radius 2 is 1.94 bits per heavy atom. The first-order chi connectivity index (χ1) is 7.70. The monoisotopic (exact) mass is 273 g/mol. The van der Waals surface area contributed by atoms with E-state index in [-0.39, 0.29) is 0 Å². The highest BCUT2D eigenvalue weighted by atomic mass is 35.5. The third-order valence-electron chi connectivity index (χ3n) is 2.11. The Morgan fingerprint density at radius 1 is 1.41 bits per heavy atom. The van der Waals surface area contributed by atoms with Crippen molar-refractivity contribution in [2.24, 2.45) is 5.73 Å². The molecule has 0 bridgehead atoms. The number of alkyl halides is 3. The van der Waals surface area contributed by atoms with Gasteiger partial charge in [0.25, 0.3) is 0 Å². The number of hydrogen-bond acceptors (Lipinski definition) is 3. The molecule has 0 aliphatic rings. The molecule has 0 spiro atoms. The minimum atomic E-state index is -4.86. The molecule has 1 aromatic rings. The molecule has 0 aliphatic heterocycles. The van der Waals surface area contributed by atoms with E-state index < -0.39 is 46.5 Å². The molecule has 0 fully saturated rings. The average molecular weight is 274 g/mol. The van der Waals surface area contributed by atoms with Gasteiger partial charge in [-0.15, -0.1) is 0 Å². The normalized spacial score (nSPS) is 13.8. The van der Waals surface area contributed by atoms with E-state index in [1.54, 1.807) is 0 Å². The zero-order valence-corrected chi connectivity index (χ0v) is 8.98. The Balaban J connectivity index is 3.58. The minimum Gasteiger partial charge on any atom is -0.505 e. The summed E-state index contributed by atoms with van der Waals surface area (Å²) in [6.07, 6.45) is -4.86. The molecule has 96 valence electrons. The number of aromatic hydroxyl groups is 1. The molecule has 1 atom stereocenters. The van der Waals surface area contributed by atoms with Crippen molar-refractivity contribution in [3.05, 3.63) is 28.0 Å². The van der Waals surface area contributed by atoms with Crippen molar-refractivity contribution >= 4 is 11.6 Å².